The molecule has 0 bridgehead atoms. The first kappa shape index (κ1) is 9.28. The summed E-state index contributed by atoms with van der Waals surface area (Å²) in [5.74, 6) is 0. The number of hydrogen-bond donors (Lipinski definition) is 2. The lowest BCUT2D eigenvalue weighted by atomic mass is 10.4. The normalized spacial score (nSPS) is 21.8. The van der Waals surface area contributed by atoms with Gasteiger partial charge in [-0.2, -0.15) is 0 Å². The molecular formula is C7H15N3O2. The van der Waals surface area contributed by atoms with Crippen molar-refractivity contribution in [2.24, 2.45) is 5.73 Å². The van der Waals surface area contributed by atoms with Crippen LogP contribution in [0.5, 0.6) is 0 Å². The van der Waals surface area contributed by atoms with E-state index in [1.807, 2.05) is 6.92 Å². The second kappa shape index (κ2) is 4.27. The van der Waals surface area contributed by atoms with Gasteiger partial charge in [0, 0.05) is 13.1 Å². The SMILES string of the molecule is CC(NC(N)=O)N1CCOCC1. The molecule has 3 N–H and O–H groups in total. The van der Waals surface area contributed by atoms with Crippen LogP contribution >= 0.6 is 0 Å². The summed E-state index contributed by atoms with van der Waals surface area (Å²) in [6, 6.07) is -0.478. The number of primary amides is 1. The Morgan fingerprint density at radius 3 is 2.67 bits per heavy atom. The van der Waals surface area contributed by atoms with E-state index in [-0.39, 0.29) is 6.17 Å². The molecule has 0 radical (unpaired) electrons. The summed E-state index contributed by atoms with van der Waals surface area (Å²) in [5, 5.41) is 2.62. The fourth-order valence-corrected chi connectivity index (χ4v) is 1.26. The minimum absolute atomic E-state index is 0.00593. The molecular weight excluding hydrogens is 158 g/mol. The van der Waals surface area contributed by atoms with Crippen molar-refractivity contribution in [3.8, 4) is 0 Å². The van der Waals surface area contributed by atoms with Gasteiger partial charge < -0.3 is 15.8 Å². The fraction of sp³-hybridized carbons (Fsp3) is 0.857. The largest absolute Gasteiger partial charge is 0.379 e. The molecule has 0 aromatic heterocycles. The van der Waals surface area contributed by atoms with Crippen LogP contribution in [0.1, 0.15) is 6.92 Å². The zero-order valence-corrected chi connectivity index (χ0v) is 7.25. The lowest BCUT2D eigenvalue weighted by Gasteiger charge is -2.32. The van der Waals surface area contributed by atoms with Gasteiger partial charge in [0.25, 0.3) is 0 Å². The number of morpholine rings is 1. The van der Waals surface area contributed by atoms with Crippen LogP contribution in [0, 0.1) is 0 Å². The molecule has 1 rings (SSSR count). The lowest BCUT2D eigenvalue weighted by molar-refractivity contribution is 0.0159. The minimum Gasteiger partial charge on any atom is -0.379 e. The number of urea groups is 1. The number of carbonyl (C=O) groups excluding carboxylic acids is 1. The van der Waals surface area contributed by atoms with Crippen LogP contribution in [0.2, 0.25) is 0 Å². The van der Waals surface area contributed by atoms with Crippen molar-refractivity contribution in [1.82, 2.24) is 10.2 Å². The van der Waals surface area contributed by atoms with E-state index in [4.69, 9.17) is 10.5 Å². The molecule has 5 heteroatoms. The summed E-state index contributed by atoms with van der Waals surface area (Å²) < 4.78 is 5.17. The molecule has 0 aromatic rings. The van der Waals surface area contributed by atoms with Crippen LogP contribution in [-0.2, 0) is 4.74 Å². The molecule has 70 valence electrons. The van der Waals surface area contributed by atoms with Crippen molar-refractivity contribution in [2.75, 3.05) is 26.3 Å². The fourth-order valence-electron chi connectivity index (χ4n) is 1.26. The summed E-state index contributed by atoms with van der Waals surface area (Å²) in [7, 11) is 0. The van der Waals surface area contributed by atoms with E-state index in [0.29, 0.717) is 0 Å². The van der Waals surface area contributed by atoms with E-state index in [0.717, 1.165) is 26.3 Å². The average Bonchev–Trinajstić information content (AvgIpc) is 2.05. The molecule has 5 nitrogen and oxygen atoms in total. The molecule has 0 saturated carbocycles. The van der Waals surface area contributed by atoms with E-state index in [1.54, 1.807) is 0 Å². The summed E-state index contributed by atoms with van der Waals surface area (Å²) >= 11 is 0. The van der Waals surface area contributed by atoms with Crippen molar-refractivity contribution in [3.05, 3.63) is 0 Å². The Balaban J connectivity index is 2.29. The topological polar surface area (TPSA) is 67.6 Å². The average molecular weight is 173 g/mol. The van der Waals surface area contributed by atoms with Crippen LogP contribution < -0.4 is 11.1 Å². The molecule has 1 aliphatic heterocycles. The van der Waals surface area contributed by atoms with Crippen LogP contribution in [0.3, 0.4) is 0 Å². The maximum atomic E-state index is 10.5. The summed E-state index contributed by atoms with van der Waals surface area (Å²) in [4.78, 5) is 12.6. The van der Waals surface area contributed by atoms with Gasteiger partial charge in [0.05, 0.1) is 19.4 Å². The highest BCUT2D eigenvalue weighted by atomic mass is 16.5. The van der Waals surface area contributed by atoms with Gasteiger partial charge in [-0.05, 0) is 6.92 Å². The first-order valence-corrected chi connectivity index (χ1v) is 4.08. The maximum absolute atomic E-state index is 10.5. The van der Waals surface area contributed by atoms with Crippen LogP contribution in [-0.4, -0.2) is 43.4 Å². The van der Waals surface area contributed by atoms with Crippen molar-refractivity contribution in [2.45, 2.75) is 13.1 Å². The van der Waals surface area contributed by atoms with E-state index >= 15 is 0 Å². The third-order valence-electron chi connectivity index (χ3n) is 1.94. The summed E-state index contributed by atoms with van der Waals surface area (Å²) in [5.41, 5.74) is 4.99. The van der Waals surface area contributed by atoms with Crippen molar-refractivity contribution in [3.63, 3.8) is 0 Å². The molecule has 2 amide bonds. The monoisotopic (exact) mass is 173 g/mol. The highest BCUT2D eigenvalue weighted by Crippen LogP contribution is 2.00. The first-order chi connectivity index (χ1) is 5.70. The number of carbonyl (C=O) groups is 1. The Hall–Kier alpha value is -0.810. The Kier molecular flexibility index (Phi) is 3.31. The third-order valence-corrected chi connectivity index (χ3v) is 1.94. The van der Waals surface area contributed by atoms with Crippen molar-refractivity contribution >= 4 is 6.03 Å². The highest BCUT2D eigenvalue weighted by molar-refractivity contribution is 5.71. The standard InChI is InChI=1S/C7H15N3O2/c1-6(9-7(8)11)10-2-4-12-5-3-10/h6H,2-5H2,1H3,(H3,8,9,11). The predicted octanol–water partition coefficient (Wildman–Crippen LogP) is -0.667. The number of amides is 2. The van der Waals surface area contributed by atoms with Crippen LogP contribution in [0.4, 0.5) is 4.79 Å². The molecule has 0 aromatic carbocycles. The van der Waals surface area contributed by atoms with Gasteiger partial charge in [0.2, 0.25) is 0 Å². The molecule has 12 heavy (non-hydrogen) atoms. The molecule has 0 spiro atoms. The number of nitrogens with one attached hydrogen (secondary N) is 1. The third kappa shape index (κ3) is 2.67. The van der Waals surface area contributed by atoms with E-state index in [9.17, 15) is 4.79 Å². The van der Waals surface area contributed by atoms with Crippen molar-refractivity contribution in [1.29, 1.82) is 0 Å². The molecule has 1 aliphatic rings. The van der Waals surface area contributed by atoms with Gasteiger partial charge >= 0.3 is 6.03 Å². The molecule has 0 aliphatic carbocycles. The molecule has 1 unspecified atom stereocenters. The van der Waals surface area contributed by atoms with Crippen molar-refractivity contribution < 1.29 is 9.53 Å². The number of hydrogen-bond acceptors (Lipinski definition) is 3. The van der Waals surface area contributed by atoms with E-state index in [2.05, 4.69) is 10.2 Å². The Morgan fingerprint density at radius 1 is 1.58 bits per heavy atom. The second-order valence-corrected chi connectivity index (χ2v) is 2.83. The number of ether oxygens (including phenoxy) is 1. The summed E-state index contributed by atoms with van der Waals surface area (Å²) in [6.45, 7) is 5.06. The number of nitrogens with zero attached hydrogens (tertiary/aromatic N) is 1. The van der Waals surface area contributed by atoms with Gasteiger partial charge in [-0.3, -0.25) is 4.90 Å². The van der Waals surface area contributed by atoms with Crippen LogP contribution in [0.15, 0.2) is 0 Å². The molecule has 1 atom stereocenters. The highest BCUT2D eigenvalue weighted by Gasteiger charge is 2.16. The molecule has 1 saturated heterocycles. The van der Waals surface area contributed by atoms with Gasteiger partial charge in [-0.15, -0.1) is 0 Å². The van der Waals surface area contributed by atoms with Gasteiger partial charge in [0.1, 0.15) is 0 Å². The second-order valence-electron chi connectivity index (χ2n) is 2.83. The molecule has 1 heterocycles. The number of rotatable bonds is 2. The first-order valence-electron chi connectivity index (χ1n) is 4.08. The smallest absolute Gasteiger partial charge is 0.313 e. The quantitative estimate of drug-likeness (QED) is 0.582. The zero-order chi connectivity index (χ0) is 8.97. The van der Waals surface area contributed by atoms with Gasteiger partial charge in [-0.1, -0.05) is 0 Å². The van der Waals surface area contributed by atoms with Crippen LogP contribution in [0.25, 0.3) is 0 Å². The Bertz CT molecular complexity index is 157. The predicted molar refractivity (Wildman–Crippen MR) is 44.6 cm³/mol. The van der Waals surface area contributed by atoms with Gasteiger partial charge in [-0.25, -0.2) is 4.79 Å². The zero-order valence-electron chi connectivity index (χ0n) is 7.25. The van der Waals surface area contributed by atoms with E-state index < -0.39 is 6.03 Å². The maximum Gasteiger partial charge on any atom is 0.313 e. The van der Waals surface area contributed by atoms with Gasteiger partial charge in [0.15, 0.2) is 0 Å². The summed E-state index contributed by atoms with van der Waals surface area (Å²) in [6.07, 6.45) is 0.00593. The lowest BCUT2D eigenvalue weighted by Crippen LogP contribution is -2.51. The number of nitrogens with two attached hydrogens (primary N) is 1. The minimum atomic E-state index is -0.478. The Morgan fingerprint density at radius 2 is 2.17 bits per heavy atom. The molecule has 1 fully saturated rings. The Labute approximate surface area is 71.8 Å². The van der Waals surface area contributed by atoms with E-state index in [1.165, 1.54) is 0 Å².